The second kappa shape index (κ2) is 6.57. The predicted octanol–water partition coefficient (Wildman–Crippen LogP) is 1.48. The van der Waals surface area contributed by atoms with Gasteiger partial charge in [0.1, 0.15) is 0 Å². The number of nitrogens with zero attached hydrogens (tertiary/aromatic N) is 1. The van der Waals surface area contributed by atoms with Gasteiger partial charge in [0, 0.05) is 18.6 Å². The number of carbonyl (C=O) groups is 2. The van der Waals surface area contributed by atoms with Crippen LogP contribution in [0.5, 0.6) is 0 Å². The number of hydrogen-bond donors (Lipinski definition) is 2. The van der Waals surface area contributed by atoms with Crippen molar-refractivity contribution in [2.24, 2.45) is 11.8 Å². The number of hydrogen-bond acceptors (Lipinski definition) is 3. The molecule has 0 bridgehead atoms. The topological polar surface area (TPSA) is 69.6 Å². The minimum absolute atomic E-state index is 0.0427. The Morgan fingerprint density at radius 3 is 2.40 bits per heavy atom. The van der Waals surface area contributed by atoms with Gasteiger partial charge in [-0.2, -0.15) is 0 Å². The number of carboxylic acids is 1. The lowest BCUT2D eigenvalue weighted by molar-refractivity contribution is -0.149. The molecule has 0 aromatic carbocycles. The van der Waals surface area contributed by atoms with E-state index in [0.717, 1.165) is 32.2 Å². The van der Waals surface area contributed by atoms with E-state index in [1.54, 1.807) is 0 Å². The van der Waals surface area contributed by atoms with Crippen molar-refractivity contribution in [2.75, 3.05) is 13.6 Å². The average molecular weight is 282 g/mol. The number of aliphatic carboxylic acids is 1. The van der Waals surface area contributed by atoms with Crippen molar-refractivity contribution in [1.29, 1.82) is 0 Å². The van der Waals surface area contributed by atoms with Crippen molar-refractivity contribution in [3.8, 4) is 0 Å². The molecular formula is C15H26N2O3. The van der Waals surface area contributed by atoms with Gasteiger partial charge in [-0.3, -0.25) is 9.59 Å². The van der Waals surface area contributed by atoms with E-state index < -0.39 is 11.9 Å². The highest BCUT2D eigenvalue weighted by atomic mass is 16.4. The molecule has 0 spiro atoms. The van der Waals surface area contributed by atoms with Crippen molar-refractivity contribution < 1.29 is 14.7 Å². The Kier molecular flexibility index (Phi) is 5.02. The highest BCUT2D eigenvalue weighted by Gasteiger charge is 2.36. The molecule has 0 aromatic rings. The van der Waals surface area contributed by atoms with E-state index in [2.05, 4.69) is 24.2 Å². The third-order valence-electron chi connectivity index (χ3n) is 4.97. The molecular weight excluding hydrogens is 256 g/mol. The van der Waals surface area contributed by atoms with Gasteiger partial charge >= 0.3 is 5.97 Å². The van der Waals surface area contributed by atoms with Gasteiger partial charge in [-0.05, 0) is 39.7 Å². The number of carbonyl (C=O) groups excluding carboxylic acids is 1. The van der Waals surface area contributed by atoms with E-state index >= 15 is 0 Å². The summed E-state index contributed by atoms with van der Waals surface area (Å²) in [6, 6.07) is 0.667. The molecule has 1 heterocycles. The van der Waals surface area contributed by atoms with Gasteiger partial charge in [0.05, 0.1) is 11.8 Å². The summed E-state index contributed by atoms with van der Waals surface area (Å²) in [5.74, 6) is -1.69. The number of likely N-dealkylation sites (tertiary alicyclic amines) is 1. The Morgan fingerprint density at radius 1 is 1.15 bits per heavy atom. The molecule has 0 radical (unpaired) electrons. The summed E-state index contributed by atoms with van der Waals surface area (Å²) in [6.45, 7) is 3.15. The first-order valence-corrected chi connectivity index (χ1v) is 7.72. The normalized spacial score (nSPS) is 35.5. The molecule has 2 rings (SSSR count). The van der Waals surface area contributed by atoms with Crippen LogP contribution < -0.4 is 5.32 Å². The summed E-state index contributed by atoms with van der Waals surface area (Å²) in [6.07, 6.45) is 5.14. The molecule has 1 aliphatic carbocycles. The number of carboxylic acid groups (broad SMARTS) is 1. The summed E-state index contributed by atoms with van der Waals surface area (Å²) in [5, 5.41) is 12.3. The fourth-order valence-electron chi connectivity index (χ4n) is 3.47. The predicted molar refractivity (Wildman–Crippen MR) is 76.3 cm³/mol. The second-order valence-electron chi connectivity index (χ2n) is 6.40. The van der Waals surface area contributed by atoms with Crippen LogP contribution in [0, 0.1) is 11.8 Å². The maximum absolute atomic E-state index is 12.4. The maximum atomic E-state index is 12.4. The molecule has 2 N–H and O–H groups in total. The summed E-state index contributed by atoms with van der Waals surface area (Å²) in [5.41, 5.74) is 0. The molecule has 1 saturated heterocycles. The summed E-state index contributed by atoms with van der Waals surface area (Å²) >= 11 is 0. The van der Waals surface area contributed by atoms with Crippen molar-refractivity contribution in [1.82, 2.24) is 10.2 Å². The van der Waals surface area contributed by atoms with Gasteiger partial charge < -0.3 is 15.3 Å². The van der Waals surface area contributed by atoms with Gasteiger partial charge in [-0.15, -0.1) is 0 Å². The Hall–Kier alpha value is -1.10. The summed E-state index contributed by atoms with van der Waals surface area (Å²) < 4.78 is 0. The second-order valence-corrected chi connectivity index (χ2v) is 6.40. The fourth-order valence-corrected chi connectivity index (χ4v) is 3.47. The van der Waals surface area contributed by atoms with Crippen LogP contribution in [0.2, 0.25) is 0 Å². The molecule has 1 aliphatic heterocycles. The zero-order valence-electron chi connectivity index (χ0n) is 12.5. The van der Waals surface area contributed by atoms with Gasteiger partial charge in [0.2, 0.25) is 5.91 Å². The number of nitrogens with one attached hydrogen (secondary N) is 1. The van der Waals surface area contributed by atoms with Crippen LogP contribution in [0.15, 0.2) is 0 Å². The number of amides is 1. The van der Waals surface area contributed by atoms with Crippen LogP contribution in [0.3, 0.4) is 0 Å². The largest absolute Gasteiger partial charge is 0.481 e. The minimum Gasteiger partial charge on any atom is -0.481 e. The van der Waals surface area contributed by atoms with Crippen LogP contribution in [-0.4, -0.2) is 47.6 Å². The molecule has 5 heteroatoms. The Morgan fingerprint density at radius 2 is 1.80 bits per heavy atom. The first-order valence-electron chi connectivity index (χ1n) is 7.72. The molecule has 1 amide bonds. The van der Waals surface area contributed by atoms with Gasteiger partial charge in [-0.1, -0.05) is 12.8 Å². The van der Waals surface area contributed by atoms with Crippen molar-refractivity contribution in [2.45, 2.75) is 57.5 Å². The SMILES string of the molecule is CC1CC(NC(=O)[C@@H]2CCCC[C@@H]2C(=O)O)CCN1C. The first-order chi connectivity index (χ1) is 9.49. The van der Waals surface area contributed by atoms with Gasteiger partial charge in [0.15, 0.2) is 0 Å². The van der Waals surface area contributed by atoms with E-state index in [4.69, 9.17) is 0 Å². The molecule has 4 atom stereocenters. The lowest BCUT2D eigenvalue weighted by atomic mass is 9.78. The average Bonchev–Trinajstić information content (AvgIpc) is 2.43. The van der Waals surface area contributed by atoms with Crippen molar-refractivity contribution in [3.05, 3.63) is 0 Å². The molecule has 20 heavy (non-hydrogen) atoms. The number of piperidine rings is 1. The first kappa shape index (κ1) is 15.3. The molecule has 2 fully saturated rings. The monoisotopic (exact) mass is 282 g/mol. The van der Waals surface area contributed by atoms with Gasteiger partial charge in [-0.25, -0.2) is 0 Å². The maximum Gasteiger partial charge on any atom is 0.307 e. The van der Waals surface area contributed by atoms with E-state index in [1.807, 2.05) is 0 Å². The Balaban J connectivity index is 1.91. The van der Waals surface area contributed by atoms with Crippen molar-refractivity contribution in [3.63, 3.8) is 0 Å². The minimum atomic E-state index is -0.818. The standard InChI is InChI=1S/C15H26N2O3/c1-10-9-11(7-8-17(10)2)16-14(18)12-5-3-4-6-13(12)15(19)20/h10-13H,3-9H2,1-2H3,(H,16,18)(H,19,20)/t10?,11?,12-,13+/m1/s1. The highest BCUT2D eigenvalue weighted by molar-refractivity contribution is 5.85. The van der Waals surface area contributed by atoms with E-state index in [-0.39, 0.29) is 17.9 Å². The van der Waals surface area contributed by atoms with Crippen LogP contribution >= 0.6 is 0 Å². The van der Waals surface area contributed by atoms with E-state index in [9.17, 15) is 14.7 Å². The number of rotatable bonds is 3. The molecule has 5 nitrogen and oxygen atoms in total. The third-order valence-corrected chi connectivity index (χ3v) is 4.97. The fraction of sp³-hybridized carbons (Fsp3) is 0.867. The summed E-state index contributed by atoms with van der Waals surface area (Å²) in [7, 11) is 2.10. The van der Waals surface area contributed by atoms with E-state index in [1.165, 1.54) is 0 Å². The Bertz CT molecular complexity index is 372. The van der Waals surface area contributed by atoms with Crippen LogP contribution in [0.25, 0.3) is 0 Å². The third kappa shape index (κ3) is 3.51. The molecule has 0 aromatic heterocycles. The molecule has 114 valence electrons. The molecule has 1 saturated carbocycles. The smallest absolute Gasteiger partial charge is 0.307 e. The van der Waals surface area contributed by atoms with Gasteiger partial charge in [0.25, 0.3) is 0 Å². The van der Waals surface area contributed by atoms with Crippen LogP contribution in [0.4, 0.5) is 0 Å². The Labute approximate surface area is 120 Å². The lowest BCUT2D eigenvalue weighted by Gasteiger charge is -2.36. The zero-order chi connectivity index (χ0) is 14.7. The summed E-state index contributed by atoms with van der Waals surface area (Å²) in [4.78, 5) is 25.9. The zero-order valence-corrected chi connectivity index (χ0v) is 12.5. The molecule has 2 unspecified atom stereocenters. The highest BCUT2D eigenvalue weighted by Crippen LogP contribution is 2.31. The van der Waals surface area contributed by atoms with Crippen molar-refractivity contribution >= 4 is 11.9 Å². The lowest BCUT2D eigenvalue weighted by Crippen LogP contribution is -2.50. The van der Waals surface area contributed by atoms with Crippen LogP contribution in [0.1, 0.15) is 45.4 Å². The quantitative estimate of drug-likeness (QED) is 0.822. The van der Waals surface area contributed by atoms with E-state index in [0.29, 0.717) is 18.9 Å². The van der Waals surface area contributed by atoms with Crippen LogP contribution in [-0.2, 0) is 9.59 Å². The molecule has 2 aliphatic rings.